The summed E-state index contributed by atoms with van der Waals surface area (Å²) in [6, 6.07) is 19.2. The summed E-state index contributed by atoms with van der Waals surface area (Å²) in [6.45, 7) is 13.9. The molecule has 0 spiro atoms. The molecule has 4 aromatic rings. The molecule has 0 aliphatic carbocycles. The lowest BCUT2D eigenvalue weighted by atomic mass is 9.83. The molecule has 1 aromatic heterocycles. The molecule has 0 amide bonds. The summed E-state index contributed by atoms with van der Waals surface area (Å²) in [7, 11) is -3.26. The Bertz CT molecular complexity index is 1850. The molecule has 0 radical (unpaired) electrons. The summed E-state index contributed by atoms with van der Waals surface area (Å²) in [5, 5.41) is 5.79. The second-order valence-corrected chi connectivity index (χ2v) is 13.9. The number of nitrogens with zero attached hydrogens (tertiary/aromatic N) is 2. The van der Waals surface area contributed by atoms with Crippen LogP contribution in [0.5, 0.6) is 0 Å². The van der Waals surface area contributed by atoms with Crippen molar-refractivity contribution in [1.29, 1.82) is 0 Å². The Hall–Kier alpha value is -4.10. The van der Waals surface area contributed by atoms with E-state index in [0.29, 0.717) is 55.9 Å². The summed E-state index contributed by atoms with van der Waals surface area (Å²) < 4.78 is 27.5. The van der Waals surface area contributed by atoms with Crippen LogP contribution in [-0.2, 0) is 29.8 Å². The molecule has 3 aromatic carbocycles. The second-order valence-electron chi connectivity index (χ2n) is 11.7. The lowest BCUT2D eigenvalue weighted by Gasteiger charge is -2.38. The van der Waals surface area contributed by atoms with Crippen molar-refractivity contribution in [1.82, 2.24) is 4.57 Å². The highest BCUT2D eigenvalue weighted by Crippen LogP contribution is 2.55. The Morgan fingerprint density at radius 1 is 0.956 bits per heavy atom. The highest BCUT2D eigenvalue weighted by atomic mass is 31.2. The van der Waals surface area contributed by atoms with E-state index in [1.165, 1.54) is 6.92 Å². The van der Waals surface area contributed by atoms with Gasteiger partial charge in [0, 0.05) is 51.8 Å². The maximum atomic E-state index is 13.5. The molecule has 45 heavy (non-hydrogen) atoms. The highest BCUT2D eigenvalue weighted by Gasteiger charge is 2.40. The van der Waals surface area contributed by atoms with E-state index in [1.54, 1.807) is 6.92 Å². The van der Waals surface area contributed by atoms with Crippen LogP contribution in [0.2, 0.25) is 0 Å². The van der Waals surface area contributed by atoms with Crippen LogP contribution >= 0.6 is 7.60 Å². The molecule has 1 aliphatic rings. The van der Waals surface area contributed by atoms with Crippen molar-refractivity contribution in [2.45, 2.75) is 46.6 Å². The molecule has 1 fully saturated rings. The van der Waals surface area contributed by atoms with Gasteiger partial charge in [-0.3, -0.25) is 9.36 Å². The van der Waals surface area contributed by atoms with Gasteiger partial charge in [-0.25, -0.2) is 4.79 Å². The first-order valence-electron chi connectivity index (χ1n) is 15.1. The van der Waals surface area contributed by atoms with Gasteiger partial charge in [0.05, 0.1) is 25.1 Å². The van der Waals surface area contributed by atoms with Gasteiger partial charge in [0.2, 0.25) is 0 Å². The van der Waals surface area contributed by atoms with Crippen LogP contribution < -0.4 is 0 Å². The van der Waals surface area contributed by atoms with Crippen LogP contribution in [0.3, 0.4) is 0 Å². The largest absolute Gasteiger partial charge is 0.340 e. The molecule has 5 rings (SSSR count). The zero-order valence-electron chi connectivity index (χ0n) is 26.1. The van der Waals surface area contributed by atoms with Crippen LogP contribution in [0.1, 0.15) is 60.2 Å². The van der Waals surface area contributed by atoms with Gasteiger partial charge in [-0.1, -0.05) is 47.6 Å². The molecule has 8 nitrogen and oxygen atoms in total. The van der Waals surface area contributed by atoms with Crippen molar-refractivity contribution in [3.8, 4) is 0 Å². The number of benzene rings is 3. The number of hydrogen-bond acceptors (Lipinski definition) is 7. The number of ketones is 1. The smallest absolute Gasteiger partial charge is 0.331 e. The van der Waals surface area contributed by atoms with Crippen molar-refractivity contribution in [2.24, 2.45) is 10.6 Å². The van der Waals surface area contributed by atoms with E-state index in [0.717, 1.165) is 32.9 Å². The fraction of sp³-hybridized carbons (Fsp3) is 0.306. The Kier molecular flexibility index (Phi) is 9.68. The SMILES string of the molecule is C=CCC1(CC=C)COP(=O)(CCCn2c3ccc(C(=O)c4ccccc4C)cc3c3cc(/C(C)=N\OC(C)=O)ccc32)OC1. The topological polar surface area (TPSA) is 96.2 Å². The van der Waals surface area contributed by atoms with Crippen molar-refractivity contribution >= 4 is 46.9 Å². The molecule has 9 heteroatoms. The molecule has 1 saturated heterocycles. The van der Waals surface area contributed by atoms with Crippen molar-refractivity contribution in [3.05, 3.63) is 108 Å². The third-order valence-corrected chi connectivity index (χ3v) is 10.3. The number of aromatic nitrogens is 1. The van der Waals surface area contributed by atoms with Crippen molar-refractivity contribution < 1.29 is 28.0 Å². The lowest BCUT2D eigenvalue weighted by Crippen LogP contribution is -2.35. The Balaban J connectivity index is 1.47. The highest BCUT2D eigenvalue weighted by molar-refractivity contribution is 7.53. The van der Waals surface area contributed by atoms with E-state index < -0.39 is 13.6 Å². The summed E-state index contributed by atoms with van der Waals surface area (Å²) in [5.74, 6) is -0.545. The minimum absolute atomic E-state index is 0.0478. The lowest BCUT2D eigenvalue weighted by molar-refractivity contribution is -0.140. The van der Waals surface area contributed by atoms with E-state index in [2.05, 4.69) is 22.9 Å². The predicted octanol–water partition coefficient (Wildman–Crippen LogP) is 8.39. The number of carbonyl (C=O) groups excluding carboxylic acids is 2. The van der Waals surface area contributed by atoms with E-state index in [-0.39, 0.29) is 17.4 Å². The van der Waals surface area contributed by atoms with Gasteiger partial charge in [0.1, 0.15) is 0 Å². The number of carbonyl (C=O) groups is 2. The third-order valence-electron chi connectivity index (χ3n) is 8.35. The maximum Gasteiger partial charge on any atom is 0.331 e. The van der Waals surface area contributed by atoms with Gasteiger partial charge < -0.3 is 18.5 Å². The molecule has 1 aliphatic heterocycles. The first-order chi connectivity index (χ1) is 21.6. The van der Waals surface area contributed by atoms with Gasteiger partial charge in [-0.15, -0.1) is 13.2 Å². The van der Waals surface area contributed by atoms with Crippen LogP contribution in [0.15, 0.2) is 91.1 Å². The van der Waals surface area contributed by atoms with Gasteiger partial charge in [0.25, 0.3) is 0 Å². The number of aryl methyl sites for hydroxylation is 2. The zero-order chi connectivity index (χ0) is 32.2. The van der Waals surface area contributed by atoms with Gasteiger partial charge in [-0.05, 0) is 74.6 Å². The fourth-order valence-electron chi connectivity index (χ4n) is 5.91. The Morgan fingerprint density at radius 2 is 1.56 bits per heavy atom. The van der Waals surface area contributed by atoms with Crippen LogP contribution in [0, 0.1) is 12.3 Å². The maximum absolute atomic E-state index is 13.5. The minimum Gasteiger partial charge on any atom is -0.340 e. The van der Waals surface area contributed by atoms with Crippen LogP contribution in [-0.4, -0.2) is 41.4 Å². The molecule has 0 atom stereocenters. The monoisotopic (exact) mass is 626 g/mol. The Labute approximate surface area is 263 Å². The van der Waals surface area contributed by atoms with Crippen LogP contribution in [0.4, 0.5) is 0 Å². The summed E-state index contributed by atoms with van der Waals surface area (Å²) >= 11 is 0. The average Bonchev–Trinajstić information content (AvgIpc) is 3.34. The number of rotatable bonds is 12. The van der Waals surface area contributed by atoms with Crippen molar-refractivity contribution in [3.63, 3.8) is 0 Å². The third kappa shape index (κ3) is 6.94. The van der Waals surface area contributed by atoms with Gasteiger partial charge in [0.15, 0.2) is 5.78 Å². The number of fused-ring (bicyclic) bond motifs is 3. The summed E-state index contributed by atoms with van der Waals surface area (Å²) in [6.07, 6.45) is 5.91. The van der Waals surface area contributed by atoms with Gasteiger partial charge in [-0.2, -0.15) is 0 Å². The quantitative estimate of drug-likeness (QED) is 0.0391. The molecule has 2 heterocycles. The average molecular weight is 627 g/mol. The standard InChI is InChI=1S/C36H39N2O6P/c1-6-17-36(18-7-2)23-42-45(41,43-24-36)20-10-19-38-33-15-13-28(26(4)37-44-27(5)39)21-31(33)32-22-29(14-16-34(32)38)35(40)30-12-9-8-11-25(30)3/h6-9,11-16,21-22H,1-2,10,17-20,23-24H2,3-5H3/b37-26-. The first kappa shape index (κ1) is 32.3. The molecular weight excluding hydrogens is 587 g/mol. The molecule has 0 saturated carbocycles. The second kappa shape index (κ2) is 13.5. The normalized spacial score (nSPS) is 16.0. The molecule has 0 bridgehead atoms. The minimum atomic E-state index is -3.26. The number of allylic oxidation sites excluding steroid dienone is 2. The van der Waals surface area contributed by atoms with Gasteiger partial charge >= 0.3 is 13.6 Å². The van der Waals surface area contributed by atoms with E-state index in [4.69, 9.17) is 13.9 Å². The van der Waals surface area contributed by atoms with E-state index in [1.807, 2.05) is 79.7 Å². The Morgan fingerprint density at radius 3 is 2.16 bits per heavy atom. The fourth-order valence-corrected chi connectivity index (χ4v) is 7.71. The number of hydrogen-bond donors (Lipinski definition) is 0. The predicted molar refractivity (Wildman–Crippen MR) is 179 cm³/mol. The van der Waals surface area contributed by atoms with Crippen LogP contribution in [0.25, 0.3) is 21.8 Å². The number of oxime groups is 1. The zero-order valence-corrected chi connectivity index (χ0v) is 27.0. The molecule has 0 N–H and O–H groups in total. The van der Waals surface area contributed by atoms with E-state index in [9.17, 15) is 14.2 Å². The summed E-state index contributed by atoms with van der Waals surface area (Å²) in [4.78, 5) is 29.7. The molecule has 0 unspecified atom stereocenters. The molecule has 234 valence electrons. The van der Waals surface area contributed by atoms with Crippen molar-refractivity contribution in [2.75, 3.05) is 19.4 Å². The van der Waals surface area contributed by atoms with E-state index >= 15 is 0 Å². The first-order valence-corrected chi connectivity index (χ1v) is 16.8. The summed E-state index contributed by atoms with van der Waals surface area (Å²) in [5.41, 5.74) is 5.11. The molecular formula is C36H39N2O6P.